The predicted molar refractivity (Wildman–Crippen MR) is 102 cm³/mol. The van der Waals surface area contributed by atoms with Gasteiger partial charge in [-0.2, -0.15) is 0 Å². The lowest BCUT2D eigenvalue weighted by Gasteiger charge is -2.33. The van der Waals surface area contributed by atoms with Crippen LogP contribution in [0, 0.1) is 5.92 Å². The molecule has 0 amide bonds. The molecule has 1 fully saturated rings. The molecule has 2 atom stereocenters. The van der Waals surface area contributed by atoms with Crippen LogP contribution in [0.5, 0.6) is 0 Å². The Labute approximate surface area is 155 Å². The van der Waals surface area contributed by atoms with E-state index in [1.807, 2.05) is 6.07 Å². The van der Waals surface area contributed by atoms with Gasteiger partial charge in [0.05, 0.1) is 6.54 Å². The molecule has 0 spiro atoms. The van der Waals surface area contributed by atoms with Gasteiger partial charge in [-0.15, -0.1) is 36.2 Å². The minimum absolute atomic E-state index is 0. The quantitative estimate of drug-likeness (QED) is 0.854. The number of fused-ring (bicyclic) bond motifs is 1. The summed E-state index contributed by atoms with van der Waals surface area (Å²) in [5, 5.41) is 2.80. The first kappa shape index (κ1) is 18.3. The van der Waals surface area contributed by atoms with Gasteiger partial charge < -0.3 is 10.6 Å². The van der Waals surface area contributed by atoms with E-state index in [-0.39, 0.29) is 30.4 Å². The molecule has 4 heterocycles. The van der Waals surface area contributed by atoms with Gasteiger partial charge in [0.1, 0.15) is 5.54 Å². The fourth-order valence-electron chi connectivity index (χ4n) is 3.10. The van der Waals surface area contributed by atoms with Gasteiger partial charge in [-0.1, -0.05) is 17.8 Å². The van der Waals surface area contributed by atoms with Crippen LogP contribution in [0.3, 0.4) is 0 Å². The Kier molecular flexibility index (Phi) is 5.78. The number of aliphatic imine (C=N–C) groups is 1. The minimum atomic E-state index is -0.233. The summed E-state index contributed by atoms with van der Waals surface area (Å²) in [6, 6.07) is 6.09. The Balaban J connectivity index is 0.000000960. The van der Waals surface area contributed by atoms with Crippen LogP contribution in [-0.4, -0.2) is 34.0 Å². The number of anilines is 1. The Hall–Kier alpha value is -1.02. The molecule has 23 heavy (non-hydrogen) atoms. The highest BCUT2D eigenvalue weighted by Crippen LogP contribution is 2.47. The zero-order chi connectivity index (χ0) is 14.3. The van der Waals surface area contributed by atoms with E-state index in [1.165, 1.54) is 4.88 Å². The number of nitrogens with zero attached hydrogens (tertiary/aromatic N) is 4. The zero-order valence-corrected chi connectivity index (χ0v) is 15.4. The summed E-state index contributed by atoms with van der Waals surface area (Å²) in [5.74, 6) is 2.22. The van der Waals surface area contributed by atoms with Crippen molar-refractivity contribution in [1.29, 1.82) is 0 Å². The summed E-state index contributed by atoms with van der Waals surface area (Å²) in [5.41, 5.74) is 5.80. The van der Waals surface area contributed by atoms with Crippen LogP contribution in [-0.2, 0) is 5.54 Å². The van der Waals surface area contributed by atoms with E-state index in [1.54, 1.807) is 35.5 Å². The molecule has 9 heteroatoms. The highest BCUT2D eigenvalue weighted by molar-refractivity contribution is 8.13. The van der Waals surface area contributed by atoms with E-state index < -0.39 is 0 Å². The smallest absolute Gasteiger partial charge is 0.225 e. The maximum absolute atomic E-state index is 6.03. The van der Waals surface area contributed by atoms with Crippen LogP contribution in [0.4, 0.5) is 5.95 Å². The third kappa shape index (κ3) is 3.15. The molecule has 0 saturated carbocycles. The Morgan fingerprint density at radius 2 is 2.00 bits per heavy atom. The highest BCUT2D eigenvalue weighted by Gasteiger charge is 2.51. The number of hydrogen-bond donors (Lipinski definition) is 1. The van der Waals surface area contributed by atoms with Gasteiger partial charge in [0.2, 0.25) is 5.95 Å². The summed E-state index contributed by atoms with van der Waals surface area (Å²) in [7, 11) is 0. The molecule has 2 aromatic heterocycles. The summed E-state index contributed by atoms with van der Waals surface area (Å²) in [4.78, 5) is 17.1. The van der Waals surface area contributed by atoms with Gasteiger partial charge in [-0.25, -0.2) is 15.0 Å². The number of hydrogen-bond acceptors (Lipinski definition) is 7. The average Bonchev–Trinajstić information content (AvgIpc) is 3.15. The average molecular weight is 390 g/mol. The number of amidine groups is 1. The number of aromatic nitrogens is 2. The van der Waals surface area contributed by atoms with Crippen LogP contribution in [0.2, 0.25) is 0 Å². The molecule has 0 bridgehead atoms. The molecule has 1 saturated heterocycles. The van der Waals surface area contributed by atoms with E-state index in [4.69, 9.17) is 10.7 Å². The normalized spacial score (nSPS) is 25.8. The summed E-state index contributed by atoms with van der Waals surface area (Å²) in [6.45, 7) is 1.72. The lowest BCUT2D eigenvalue weighted by atomic mass is 9.87. The summed E-state index contributed by atoms with van der Waals surface area (Å²) < 4.78 is 0. The molecule has 2 N–H and O–H groups in total. The highest BCUT2D eigenvalue weighted by atomic mass is 35.5. The first-order valence-corrected chi connectivity index (χ1v) is 8.68. The number of thiophene rings is 1. The molecule has 4 rings (SSSR count). The van der Waals surface area contributed by atoms with Gasteiger partial charge in [-0.3, -0.25) is 0 Å². The SMILES string of the molecule is Cl.Cl.NC1=N[C@@]2(c3cccs3)CN(c3ncccn3)C[C@H]2CS1. The first-order valence-electron chi connectivity index (χ1n) is 6.82. The van der Waals surface area contributed by atoms with E-state index in [0.717, 1.165) is 24.8 Å². The second kappa shape index (κ2) is 7.25. The van der Waals surface area contributed by atoms with Crippen LogP contribution >= 0.6 is 47.9 Å². The van der Waals surface area contributed by atoms with Crippen LogP contribution in [0.1, 0.15) is 4.88 Å². The van der Waals surface area contributed by atoms with Gasteiger partial charge in [0.15, 0.2) is 5.17 Å². The van der Waals surface area contributed by atoms with Crippen molar-refractivity contribution in [1.82, 2.24) is 9.97 Å². The molecule has 2 aliphatic heterocycles. The van der Waals surface area contributed by atoms with E-state index in [0.29, 0.717) is 11.1 Å². The molecule has 124 valence electrons. The first-order chi connectivity index (χ1) is 10.3. The van der Waals surface area contributed by atoms with Crippen molar-refractivity contribution in [3.8, 4) is 0 Å². The van der Waals surface area contributed by atoms with Crippen LogP contribution in [0.15, 0.2) is 41.0 Å². The van der Waals surface area contributed by atoms with Crippen molar-refractivity contribution in [2.24, 2.45) is 16.6 Å². The topological polar surface area (TPSA) is 67.4 Å². The molecule has 0 aliphatic carbocycles. The predicted octanol–water partition coefficient (Wildman–Crippen LogP) is 2.77. The zero-order valence-electron chi connectivity index (χ0n) is 12.2. The Morgan fingerprint density at radius 1 is 1.22 bits per heavy atom. The summed E-state index contributed by atoms with van der Waals surface area (Å²) in [6.07, 6.45) is 3.57. The standard InChI is InChI=1S/C14H15N5S2.2ClH/c15-12-18-14(11-3-1-6-20-11)9-19(7-10(14)8-21-12)13-16-4-2-5-17-13;;/h1-6,10H,7-9H2,(H2,15,18);2*1H/t10-,14-;;/m0../s1. The van der Waals surface area contributed by atoms with Gasteiger partial charge >= 0.3 is 0 Å². The van der Waals surface area contributed by atoms with E-state index in [9.17, 15) is 0 Å². The number of nitrogens with two attached hydrogens (primary N) is 1. The third-order valence-electron chi connectivity index (χ3n) is 4.07. The van der Waals surface area contributed by atoms with Crippen molar-refractivity contribution in [3.63, 3.8) is 0 Å². The third-order valence-corrected chi connectivity index (χ3v) is 6.07. The molecule has 5 nitrogen and oxygen atoms in total. The van der Waals surface area contributed by atoms with Gasteiger partial charge in [0, 0.05) is 35.5 Å². The maximum atomic E-state index is 6.03. The largest absolute Gasteiger partial charge is 0.379 e. The summed E-state index contributed by atoms with van der Waals surface area (Å²) >= 11 is 3.41. The van der Waals surface area contributed by atoms with Gasteiger partial charge in [-0.05, 0) is 17.5 Å². The second-order valence-corrected chi connectivity index (χ2v) is 7.28. The lowest BCUT2D eigenvalue weighted by Crippen LogP contribution is -2.39. The van der Waals surface area contributed by atoms with Crippen molar-refractivity contribution in [2.75, 3.05) is 23.7 Å². The number of rotatable bonds is 2. The van der Waals surface area contributed by atoms with Crippen molar-refractivity contribution < 1.29 is 0 Å². The molecule has 0 aromatic carbocycles. The van der Waals surface area contributed by atoms with Crippen LogP contribution < -0.4 is 10.6 Å². The Bertz CT molecular complexity index is 667. The maximum Gasteiger partial charge on any atom is 0.225 e. The molecule has 0 radical (unpaired) electrons. The molecular weight excluding hydrogens is 373 g/mol. The molecule has 2 aliphatic rings. The molecule has 2 aromatic rings. The van der Waals surface area contributed by atoms with Crippen molar-refractivity contribution >= 4 is 59.0 Å². The lowest BCUT2D eigenvalue weighted by molar-refractivity contribution is 0.395. The second-order valence-electron chi connectivity index (χ2n) is 5.29. The van der Waals surface area contributed by atoms with Crippen molar-refractivity contribution in [2.45, 2.75) is 5.54 Å². The van der Waals surface area contributed by atoms with E-state index in [2.05, 4.69) is 32.4 Å². The Morgan fingerprint density at radius 3 is 2.70 bits per heavy atom. The molecular formula is C14H17Cl2N5S2. The van der Waals surface area contributed by atoms with Crippen LogP contribution in [0.25, 0.3) is 0 Å². The fraction of sp³-hybridized carbons (Fsp3) is 0.357. The van der Waals surface area contributed by atoms with Crippen molar-refractivity contribution in [3.05, 3.63) is 40.8 Å². The minimum Gasteiger partial charge on any atom is -0.379 e. The molecule has 0 unspecified atom stereocenters. The van der Waals surface area contributed by atoms with E-state index >= 15 is 0 Å². The fourth-order valence-corrected chi connectivity index (χ4v) is 5.02. The number of halogens is 2. The van der Waals surface area contributed by atoms with Gasteiger partial charge in [0.25, 0.3) is 0 Å². The number of thioether (sulfide) groups is 1. The monoisotopic (exact) mass is 389 g/mol.